The monoisotopic (exact) mass is 639 g/mol. The highest BCUT2D eigenvalue weighted by molar-refractivity contribution is 5.97. The number of benzene rings is 1. The highest BCUT2D eigenvalue weighted by atomic mass is 16.5. The SMILES string of the molecule is CCc1cc(Nc2nc(NC3CCOCC34CC4)c(-c3ncccc3C)nc2C(N)=O)ccc1N1CCC(N2CCN(C)CC2)CC1. The van der Waals surface area contributed by atoms with Gasteiger partial charge in [-0.05, 0) is 87.9 Å². The Balaban J connectivity index is 1.15. The minimum atomic E-state index is -0.637. The predicted molar refractivity (Wildman–Crippen MR) is 186 cm³/mol. The quantitative estimate of drug-likeness (QED) is 0.309. The van der Waals surface area contributed by atoms with E-state index < -0.39 is 5.91 Å². The minimum absolute atomic E-state index is 0.0943. The van der Waals surface area contributed by atoms with Gasteiger partial charge in [-0.15, -0.1) is 0 Å². The lowest BCUT2D eigenvalue weighted by molar-refractivity contribution is 0.0351. The highest BCUT2D eigenvalue weighted by Crippen LogP contribution is 2.52. The third kappa shape index (κ3) is 6.66. The van der Waals surface area contributed by atoms with Crippen LogP contribution in [-0.2, 0) is 11.2 Å². The molecule has 0 radical (unpaired) electrons. The van der Waals surface area contributed by atoms with Crippen molar-refractivity contribution in [1.82, 2.24) is 24.8 Å². The molecule has 1 aromatic carbocycles. The first-order valence-electron chi connectivity index (χ1n) is 17.4. The van der Waals surface area contributed by atoms with Crippen molar-refractivity contribution in [3.8, 4) is 11.4 Å². The molecule has 4 fully saturated rings. The zero-order valence-electron chi connectivity index (χ0n) is 28.1. The van der Waals surface area contributed by atoms with Gasteiger partial charge in [0.15, 0.2) is 17.3 Å². The fourth-order valence-electron chi connectivity index (χ4n) is 7.67. The number of pyridine rings is 1. The number of primary amides is 1. The molecule has 250 valence electrons. The summed E-state index contributed by atoms with van der Waals surface area (Å²) < 4.78 is 5.85. The molecule has 1 amide bonds. The Hall–Kier alpha value is -3.80. The number of hydrogen-bond acceptors (Lipinski definition) is 10. The normalized spacial score (nSPS) is 21.9. The van der Waals surface area contributed by atoms with Crippen molar-refractivity contribution < 1.29 is 9.53 Å². The molecule has 47 heavy (non-hydrogen) atoms. The molecular weight excluding hydrogens is 590 g/mol. The number of aryl methyl sites for hydroxylation is 2. The van der Waals surface area contributed by atoms with Gasteiger partial charge in [-0.2, -0.15) is 0 Å². The Bertz CT molecular complexity index is 1590. The number of piperazine rings is 1. The second-order valence-electron chi connectivity index (χ2n) is 13.9. The highest BCUT2D eigenvalue weighted by Gasteiger charge is 2.51. The molecule has 1 saturated carbocycles. The lowest BCUT2D eigenvalue weighted by Crippen LogP contribution is -2.52. The van der Waals surface area contributed by atoms with E-state index in [0.29, 0.717) is 35.7 Å². The van der Waals surface area contributed by atoms with Gasteiger partial charge < -0.3 is 30.9 Å². The van der Waals surface area contributed by atoms with Gasteiger partial charge in [0.2, 0.25) is 0 Å². The summed E-state index contributed by atoms with van der Waals surface area (Å²) in [5, 5.41) is 7.16. The number of amides is 1. The first-order valence-corrected chi connectivity index (χ1v) is 17.4. The predicted octanol–water partition coefficient (Wildman–Crippen LogP) is 4.45. The summed E-state index contributed by atoms with van der Waals surface area (Å²) in [6.45, 7) is 12.4. The van der Waals surface area contributed by atoms with Crippen molar-refractivity contribution in [2.45, 2.75) is 64.5 Å². The first-order chi connectivity index (χ1) is 22.8. The molecule has 2 aromatic heterocycles. The Morgan fingerprint density at radius 3 is 2.51 bits per heavy atom. The smallest absolute Gasteiger partial charge is 0.271 e. The number of rotatable bonds is 9. The summed E-state index contributed by atoms with van der Waals surface area (Å²) in [7, 11) is 2.22. The summed E-state index contributed by atoms with van der Waals surface area (Å²) in [5.74, 6) is 0.312. The average molecular weight is 640 g/mol. The zero-order chi connectivity index (χ0) is 32.5. The maximum Gasteiger partial charge on any atom is 0.271 e. The van der Waals surface area contributed by atoms with Gasteiger partial charge in [-0.1, -0.05) is 13.0 Å². The van der Waals surface area contributed by atoms with E-state index in [1.165, 1.54) is 37.2 Å². The van der Waals surface area contributed by atoms with Crippen molar-refractivity contribution in [3.05, 3.63) is 53.3 Å². The number of nitrogens with one attached hydrogen (secondary N) is 2. The van der Waals surface area contributed by atoms with E-state index in [9.17, 15) is 4.79 Å². The van der Waals surface area contributed by atoms with Crippen molar-refractivity contribution >= 4 is 28.9 Å². The van der Waals surface area contributed by atoms with E-state index in [2.05, 4.69) is 62.5 Å². The van der Waals surface area contributed by atoms with Gasteiger partial charge in [0, 0.05) is 80.9 Å². The van der Waals surface area contributed by atoms with Crippen LogP contribution in [0.3, 0.4) is 0 Å². The molecule has 1 atom stereocenters. The Morgan fingerprint density at radius 1 is 1.02 bits per heavy atom. The summed E-state index contributed by atoms with van der Waals surface area (Å²) in [6, 6.07) is 11.2. The molecule has 3 aromatic rings. The molecule has 1 aliphatic carbocycles. The number of likely N-dealkylation sites (N-methyl/N-ethyl adjacent to an activating group) is 1. The minimum Gasteiger partial charge on any atom is -0.381 e. The summed E-state index contributed by atoms with van der Waals surface area (Å²) in [4.78, 5) is 35.0. The standard InChI is InChI=1S/C36H49N9O2/c1-4-25-22-26(7-8-28(25)45-15-9-27(10-16-45)44-19-17-43(3)18-20-44)39-35-32(33(37)46)41-31(30-24(2)6-5-14-38-30)34(42-35)40-29-11-21-47-23-36(29)12-13-36/h5-8,14,22,27,29H,4,9-13,15-21,23H2,1-3H3,(H2,37,46)(H2,39,40,42). The molecule has 1 spiro atoms. The Kier molecular flexibility index (Phi) is 9.04. The van der Waals surface area contributed by atoms with Gasteiger partial charge in [-0.25, -0.2) is 9.97 Å². The van der Waals surface area contributed by atoms with Gasteiger partial charge in [0.25, 0.3) is 5.91 Å². The number of piperidine rings is 1. The van der Waals surface area contributed by atoms with Gasteiger partial charge in [0.1, 0.15) is 5.69 Å². The van der Waals surface area contributed by atoms with Crippen LogP contribution in [0.2, 0.25) is 0 Å². The summed E-state index contributed by atoms with van der Waals surface area (Å²) in [6.07, 6.45) is 8.15. The van der Waals surface area contributed by atoms with Crippen LogP contribution >= 0.6 is 0 Å². The van der Waals surface area contributed by atoms with E-state index in [1.807, 2.05) is 19.1 Å². The average Bonchev–Trinajstić information content (AvgIpc) is 3.86. The number of nitrogens with two attached hydrogens (primary N) is 1. The lowest BCUT2D eigenvalue weighted by Gasteiger charge is -2.43. The van der Waals surface area contributed by atoms with Crippen LogP contribution in [0, 0.1) is 12.3 Å². The van der Waals surface area contributed by atoms with E-state index in [0.717, 1.165) is 69.7 Å². The van der Waals surface area contributed by atoms with Crippen molar-refractivity contribution in [2.24, 2.45) is 11.1 Å². The number of ether oxygens (including phenoxy) is 1. The van der Waals surface area contributed by atoms with E-state index in [-0.39, 0.29) is 17.2 Å². The van der Waals surface area contributed by atoms with Crippen LogP contribution in [0.5, 0.6) is 0 Å². The third-order valence-electron chi connectivity index (χ3n) is 10.8. The van der Waals surface area contributed by atoms with Crippen LogP contribution in [0.1, 0.15) is 60.6 Å². The number of carbonyl (C=O) groups excluding carboxylic acids is 1. The molecule has 11 nitrogen and oxygen atoms in total. The van der Waals surface area contributed by atoms with Crippen LogP contribution in [0.15, 0.2) is 36.5 Å². The van der Waals surface area contributed by atoms with Crippen LogP contribution in [0.4, 0.5) is 23.0 Å². The fraction of sp³-hybridized carbons (Fsp3) is 0.556. The maximum atomic E-state index is 12.8. The molecule has 0 bridgehead atoms. The topological polar surface area (TPSA) is 125 Å². The third-order valence-corrected chi connectivity index (χ3v) is 10.8. The molecule has 3 saturated heterocycles. The second kappa shape index (κ2) is 13.4. The van der Waals surface area contributed by atoms with Gasteiger partial charge in [0.05, 0.1) is 12.3 Å². The summed E-state index contributed by atoms with van der Waals surface area (Å²) in [5.41, 5.74) is 11.7. The number of nitrogens with zero attached hydrogens (tertiary/aromatic N) is 6. The first kappa shape index (κ1) is 31.8. The number of anilines is 4. The molecule has 3 aliphatic heterocycles. The Labute approximate surface area is 278 Å². The van der Waals surface area contributed by atoms with Gasteiger partial charge in [-0.3, -0.25) is 14.7 Å². The van der Waals surface area contributed by atoms with Crippen molar-refractivity contribution in [3.63, 3.8) is 0 Å². The van der Waals surface area contributed by atoms with Crippen molar-refractivity contribution in [1.29, 1.82) is 0 Å². The van der Waals surface area contributed by atoms with Crippen LogP contribution < -0.4 is 21.3 Å². The van der Waals surface area contributed by atoms with Crippen LogP contribution in [0.25, 0.3) is 11.4 Å². The number of hydrogen-bond donors (Lipinski definition) is 3. The molecule has 4 aliphatic rings. The molecule has 7 rings (SSSR count). The van der Waals surface area contributed by atoms with E-state index in [1.54, 1.807) is 6.20 Å². The van der Waals surface area contributed by atoms with E-state index in [4.69, 9.17) is 20.4 Å². The van der Waals surface area contributed by atoms with Crippen LogP contribution in [-0.4, -0.2) is 102 Å². The van der Waals surface area contributed by atoms with Crippen molar-refractivity contribution in [2.75, 3.05) is 75.1 Å². The molecule has 11 heteroatoms. The maximum absolute atomic E-state index is 12.8. The Morgan fingerprint density at radius 2 is 1.81 bits per heavy atom. The number of carbonyl (C=O) groups is 1. The molecular formula is C36H49N9O2. The lowest BCUT2D eigenvalue weighted by atomic mass is 9.92. The summed E-state index contributed by atoms with van der Waals surface area (Å²) >= 11 is 0. The fourth-order valence-corrected chi connectivity index (χ4v) is 7.67. The van der Waals surface area contributed by atoms with E-state index >= 15 is 0 Å². The number of aromatic nitrogens is 3. The molecule has 1 unspecified atom stereocenters. The molecule has 4 N–H and O–H groups in total. The molecule has 5 heterocycles. The van der Waals surface area contributed by atoms with Gasteiger partial charge >= 0.3 is 0 Å². The zero-order valence-corrected chi connectivity index (χ0v) is 28.1. The largest absolute Gasteiger partial charge is 0.381 e. The second-order valence-corrected chi connectivity index (χ2v) is 13.9.